The van der Waals surface area contributed by atoms with E-state index < -0.39 is 0 Å². The van der Waals surface area contributed by atoms with Crippen molar-refractivity contribution in [3.05, 3.63) is 17.5 Å². The van der Waals surface area contributed by atoms with Gasteiger partial charge in [0, 0.05) is 39.3 Å². The molecule has 2 amide bonds. The molecule has 1 aromatic rings. The number of amides is 2. The first-order valence-electron chi connectivity index (χ1n) is 7.61. The molecule has 3 rings (SSSR count). The molecule has 0 aromatic carbocycles. The zero-order valence-corrected chi connectivity index (χ0v) is 12.7. The fourth-order valence-electron chi connectivity index (χ4n) is 3.43. The van der Waals surface area contributed by atoms with Crippen molar-refractivity contribution in [3.63, 3.8) is 0 Å². The van der Waals surface area contributed by atoms with Crippen LogP contribution >= 0.6 is 0 Å². The van der Waals surface area contributed by atoms with E-state index in [1.165, 1.54) is 0 Å². The molecule has 21 heavy (non-hydrogen) atoms. The predicted molar refractivity (Wildman–Crippen MR) is 77.8 cm³/mol. The molecular weight excluding hydrogens is 268 g/mol. The molecule has 0 radical (unpaired) electrons. The zero-order chi connectivity index (χ0) is 15.0. The highest BCUT2D eigenvalue weighted by atomic mass is 16.2. The minimum atomic E-state index is 0.0760. The summed E-state index contributed by atoms with van der Waals surface area (Å²) in [5.41, 5.74) is 1.66. The molecule has 114 valence electrons. The van der Waals surface area contributed by atoms with Gasteiger partial charge in [0.15, 0.2) is 0 Å². The van der Waals surface area contributed by atoms with E-state index in [1.54, 1.807) is 4.68 Å². The van der Waals surface area contributed by atoms with E-state index in [0.29, 0.717) is 6.42 Å². The van der Waals surface area contributed by atoms with Gasteiger partial charge >= 0.3 is 0 Å². The summed E-state index contributed by atoms with van der Waals surface area (Å²) in [4.78, 5) is 26.0. The van der Waals surface area contributed by atoms with E-state index in [-0.39, 0.29) is 17.2 Å². The molecule has 6 heteroatoms. The van der Waals surface area contributed by atoms with Gasteiger partial charge in [0.05, 0.1) is 11.3 Å². The first-order valence-corrected chi connectivity index (χ1v) is 7.61. The van der Waals surface area contributed by atoms with Gasteiger partial charge in [0.25, 0.3) is 5.91 Å². The molecule has 0 unspecified atom stereocenters. The van der Waals surface area contributed by atoms with E-state index in [4.69, 9.17) is 0 Å². The van der Waals surface area contributed by atoms with Crippen LogP contribution in [-0.4, -0.2) is 46.1 Å². The fourth-order valence-corrected chi connectivity index (χ4v) is 3.43. The van der Waals surface area contributed by atoms with E-state index in [1.807, 2.05) is 25.1 Å². The Kier molecular flexibility index (Phi) is 3.47. The van der Waals surface area contributed by atoms with E-state index in [9.17, 15) is 9.59 Å². The lowest BCUT2D eigenvalue weighted by Gasteiger charge is -2.38. The standard InChI is InChI=1S/C15H22N4O2/c1-3-12-11(9-18(2)17-12)14(21)19-6-4-15(5-7-19)8-13(20)16-10-15/h9H,3-8,10H2,1-2H3,(H,16,20). The first-order chi connectivity index (χ1) is 10.0. The monoisotopic (exact) mass is 290 g/mol. The number of likely N-dealkylation sites (tertiary alicyclic amines) is 1. The lowest BCUT2D eigenvalue weighted by atomic mass is 9.77. The maximum absolute atomic E-state index is 12.7. The number of hydrogen-bond acceptors (Lipinski definition) is 3. The number of carbonyl (C=O) groups excluding carboxylic acids is 2. The number of hydrogen-bond donors (Lipinski definition) is 1. The summed E-state index contributed by atoms with van der Waals surface area (Å²) in [6.45, 7) is 4.23. The Labute approximate surface area is 124 Å². The molecule has 6 nitrogen and oxygen atoms in total. The summed E-state index contributed by atoms with van der Waals surface area (Å²) in [5.74, 6) is 0.224. The molecule has 1 spiro atoms. The molecule has 3 heterocycles. The summed E-state index contributed by atoms with van der Waals surface area (Å²) < 4.78 is 1.71. The van der Waals surface area contributed by atoms with Crippen LogP contribution in [0.25, 0.3) is 0 Å². The van der Waals surface area contributed by atoms with Crippen LogP contribution in [0.4, 0.5) is 0 Å². The number of nitrogens with one attached hydrogen (secondary N) is 1. The van der Waals surface area contributed by atoms with Gasteiger partial charge in [-0.25, -0.2) is 0 Å². The lowest BCUT2D eigenvalue weighted by Crippen LogP contribution is -2.44. The number of carbonyl (C=O) groups is 2. The Morgan fingerprint density at radius 3 is 2.71 bits per heavy atom. The largest absolute Gasteiger partial charge is 0.356 e. The van der Waals surface area contributed by atoms with Gasteiger partial charge < -0.3 is 10.2 Å². The molecule has 0 bridgehead atoms. The van der Waals surface area contributed by atoms with Crippen molar-refractivity contribution in [3.8, 4) is 0 Å². The lowest BCUT2D eigenvalue weighted by molar-refractivity contribution is -0.119. The van der Waals surface area contributed by atoms with Gasteiger partial charge in [-0.05, 0) is 24.7 Å². The minimum absolute atomic E-state index is 0.0760. The Hall–Kier alpha value is -1.85. The maximum Gasteiger partial charge on any atom is 0.257 e. The average Bonchev–Trinajstić information content (AvgIpc) is 3.02. The fraction of sp³-hybridized carbons (Fsp3) is 0.667. The third-order valence-electron chi connectivity index (χ3n) is 4.78. The van der Waals surface area contributed by atoms with Crippen molar-refractivity contribution in [1.29, 1.82) is 0 Å². The number of rotatable bonds is 2. The van der Waals surface area contributed by atoms with Crippen LogP contribution < -0.4 is 5.32 Å². The summed E-state index contributed by atoms with van der Waals surface area (Å²) in [6, 6.07) is 0. The highest BCUT2D eigenvalue weighted by molar-refractivity contribution is 5.95. The third-order valence-corrected chi connectivity index (χ3v) is 4.78. The zero-order valence-electron chi connectivity index (χ0n) is 12.7. The van der Waals surface area contributed by atoms with Gasteiger partial charge in [-0.15, -0.1) is 0 Å². The van der Waals surface area contributed by atoms with Crippen LogP contribution in [0.1, 0.15) is 42.2 Å². The van der Waals surface area contributed by atoms with Crippen molar-refractivity contribution in [2.24, 2.45) is 12.5 Å². The molecule has 2 aliphatic heterocycles. The van der Waals surface area contributed by atoms with Crippen molar-refractivity contribution >= 4 is 11.8 Å². The van der Waals surface area contributed by atoms with Crippen LogP contribution in [-0.2, 0) is 18.3 Å². The molecule has 0 aliphatic carbocycles. The molecule has 1 aromatic heterocycles. The summed E-state index contributed by atoms with van der Waals surface area (Å²) in [6.07, 6.45) is 4.99. The maximum atomic E-state index is 12.7. The van der Waals surface area contributed by atoms with E-state index in [0.717, 1.165) is 50.2 Å². The van der Waals surface area contributed by atoms with Crippen molar-refractivity contribution in [2.75, 3.05) is 19.6 Å². The van der Waals surface area contributed by atoms with Gasteiger partial charge in [0.2, 0.25) is 5.91 Å². The quantitative estimate of drug-likeness (QED) is 0.873. The second-order valence-electron chi connectivity index (χ2n) is 6.26. The Balaban J connectivity index is 1.69. The Bertz CT molecular complexity index is 570. The van der Waals surface area contributed by atoms with Gasteiger partial charge in [-0.2, -0.15) is 5.10 Å². The number of aromatic nitrogens is 2. The van der Waals surface area contributed by atoms with Crippen LogP contribution in [0.15, 0.2) is 6.20 Å². The SMILES string of the molecule is CCc1nn(C)cc1C(=O)N1CCC2(CC1)CNC(=O)C2. The van der Waals surface area contributed by atoms with Crippen LogP contribution in [0, 0.1) is 5.41 Å². The summed E-state index contributed by atoms with van der Waals surface area (Å²) >= 11 is 0. The highest BCUT2D eigenvalue weighted by Crippen LogP contribution is 2.37. The molecular formula is C15H22N4O2. The van der Waals surface area contributed by atoms with Crippen molar-refractivity contribution < 1.29 is 9.59 Å². The van der Waals surface area contributed by atoms with Crippen LogP contribution in [0.5, 0.6) is 0 Å². The first kappa shape index (κ1) is 14.1. The van der Waals surface area contributed by atoms with Crippen molar-refractivity contribution in [2.45, 2.75) is 32.6 Å². The second-order valence-corrected chi connectivity index (χ2v) is 6.26. The molecule has 2 fully saturated rings. The molecule has 0 saturated carbocycles. The third kappa shape index (κ3) is 2.54. The molecule has 1 N–H and O–H groups in total. The predicted octanol–water partition coefficient (Wildman–Crippen LogP) is 0.725. The average molecular weight is 290 g/mol. The number of piperidine rings is 1. The Morgan fingerprint density at radius 1 is 1.43 bits per heavy atom. The summed E-state index contributed by atoms with van der Waals surface area (Å²) in [7, 11) is 1.84. The Morgan fingerprint density at radius 2 is 2.14 bits per heavy atom. The minimum Gasteiger partial charge on any atom is -0.356 e. The number of aryl methyl sites for hydroxylation is 2. The van der Waals surface area contributed by atoms with Crippen LogP contribution in [0.2, 0.25) is 0 Å². The van der Waals surface area contributed by atoms with Crippen LogP contribution in [0.3, 0.4) is 0 Å². The highest BCUT2D eigenvalue weighted by Gasteiger charge is 2.41. The van der Waals surface area contributed by atoms with Gasteiger partial charge in [-0.3, -0.25) is 14.3 Å². The van der Waals surface area contributed by atoms with E-state index in [2.05, 4.69) is 10.4 Å². The van der Waals surface area contributed by atoms with Gasteiger partial charge in [0.1, 0.15) is 0 Å². The topological polar surface area (TPSA) is 67.2 Å². The van der Waals surface area contributed by atoms with Crippen molar-refractivity contribution in [1.82, 2.24) is 20.0 Å². The number of nitrogens with zero attached hydrogens (tertiary/aromatic N) is 3. The smallest absolute Gasteiger partial charge is 0.257 e. The molecule has 2 aliphatic rings. The molecule has 2 saturated heterocycles. The second kappa shape index (κ2) is 5.16. The van der Waals surface area contributed by atoms with Gasteiger partial charge in [-0.1, -0.05) is 6.92 Å². The normalized spacial score (nSPS) is 20.9. The summed E-state index contributed by atoms with van der Waals surface area (Å²) in [5, 5.41) is 7.26. The van der Waals surface area contributed by atoms with E-state index >= 15 is 0 Å². The molecule has 0 atom stereocenters.